The number of hydrogen-bond donors (Lipinski definition) is 1. The standard InChI is InChI=1S/C14H24O3/c1-14(2)7-5-11(6-8-14)3-4-13-16-9-12(15)10-17-13/h3,12-13,15H,4-10H2,1-2H3. The van der Waals surface area contributed by atoms with Crippen LogP contribution in [-0.4, -0.2) is 30.7 Å². The van der Waals surface area contributed by atoms with E-state index < -0.39 is 6.10 Å². The number of allylic oxidation sites excluding steroid dienone is 1. The van der Waals surface area contributed by atoms with Crippen LogP contribution in [0.15, 0.2) is 11.6 Å². The van der Waals surface area contributed by atoms with E-state index in [1.807, 2.05) is 0 Å². The molecule has 0 amide bonds. The van der Waals surface area contributed by atoms with Gasteiger partial charge in [0.15, 0.2) is 6.29 Å². The molecule has 0 aromatic carbocycles. The lowest BCUT2D eigenvalue weighted by Gasteiger charge is -2.31. The number of aliphatic hydroxyl groups excluding tert-OH is 1. The molecule has 98 valence electrons. The van der Waals surface area contributed by atoms with Gasteiger partial charge in [0.1, 0.15) is 6.10 Å². The Morgan fingerprint density at radius 1 is 1.24 bits per heavy atom. The molecule has 1 aliphatic heterocycles. The average molecular weight is 240 g/mol. The minimum absolute atomic E-state index is 0.152. The van der Waals surface area contributed by atoms with Gasteiger partial charge in [0.05, 0.1) is 13.2 Å². The van der Waals surface area contributed by atoms with E-state index in [0.29, 0.717) is 18.6 Å². The molecule has 0 radical (unpaired) electrons. The van der Waals surface area contributed by atoms with Gasteiger partial charge >= 0.3 is 0 Å². The molecule has 1 saturated heterocycles. The fourth-order valence-electron chi connectivity index (χ4n) is 2.38. The molecular formula is C14H24O3. The minimum atomic E-state index is -0.450. The van der Waals surface area contributed by atoms with Crippen molar-refractivity contribution in [1.29, 1.82) is 0 Å². The molecule has 0 unspecified atom stereocenters. The van der Waals surface area contributed by atoms with Crippen molar-refractivity contribution >= 4 is 0 Å². The summed E-state index contributed by atoms with van der Waals surface area (Å²) in [6.45, 7) is 5.50. The van der Waals surface area contributed by atoms with Crippen LogP contribution in [0.1, 0.15) is 46.0 Å². The van der Waals surface area contributed by atoms with Crippen LogP contribution in [0.3, 0.4) is 0 Å². The van der Waals surface area contributed by atoms with Gasteiger partial charge in [-0.1, -0.05) is 25.5 Å². The Balaban J connectivity index is 1.74. The van der Waals surface area contributed by atoms with Crippen LogP contribution >= 0.6 is 0 Å². The van der Waals surface area contributed by atoms with Gasteiger partial charge < -0.3 is 14.6 Å². The third-order valence-corrected chi connectivity index (χ3v) is 3.79. The molecule has 0 aromatic heterocycles. The molecule has 1 N–H and O–H groups in total. The van der Waals surface area contributed by atoms with E-state index in [4.69, 9.17) is 9.47 Å². The third-order valence-electron chi connectivity index (χ3n) is 3.79. The van der Waals surface area contributed by atoms with Crippen molar-refractivity contribution in [3.05, 3.63) is 11.6 Å². The molecule has 1 saturated carbocycles. The fourth-order valence-corrected chi connectivity index (χ4v) is 2.38. The Kier molecular flexibility index (Phi) is 4.23. The predicted molar refractivity (Wildman–Crippen MR) is 66.6 cm³/mol. The second kappa shape index (κ2) is 5.51. The van der Waals surface area contributed by atoms with Crippen LogP contribution in [0.5, 0.6) is 0 Å². The van der Waals surface area contributed by atoms with Crippen LogP contribution in [0.25, 0.3) is 0 Å². The zero-order valence-corrected chi connectivity index (χ0v) is 10.9. The highest BCUT2D eigenvalue weighted by Gasteiger charge is 2.24. The first kappa shape index (κ1) is 13.1. The molecule has 1 aliphatic carbocycles. The molecule has 0 atom stereocenters. The quantitative estimate of drug-likeness (QED) is 0.754. The van der Waals surface area contributed by atoms with Gasteiger partial charge in [-0.15, -0.1) is 0 Å². The molecule has 2 fully saturated rings. The van der Waals surface area contributed by atoms with E-state index in [-0.39, 0.29) is 6.29 Å². The topological polar surface area (TPSA) is 38.7 Å². The van der Waals surface area contributed by atoms with E-state index in [9.17, 15) is 5.11 Å². The van der Waals surface area contributed by atoms with E-state index in [1.54, 1.807) is 5.57 Å². The zero-order valence-electron chi connectivity index (χ0n) is 10.9. The number of ether oxygens (including phenoxy) is 2. The van der Waals surface area contributed by atoms with Gasteiger partial charge in [0.2, 0.25) is 0 Å². The fraction of sp³-hybridized carbons (Fsp3) is 0.857. The highest BCUT2D eigenvalue weighted by Crippen LogP contribution is 2.37. The van der Waals surface area contributed by atoms with Crippen LogP contribution in [-0.2, 0) is 9.47 Å². The maximum Gasteiger partial charge on any atom is 0.161 e. The number of aliphatic hydroxyl groups is 1. The molecule has 2 aliphatic rings. The third kappa shape index (κ3) is 4.09. The minimum Gasteiger partial charge on any atom is -0.388 e. The lowest BCUT2D eigenvalue weighted by Crippen LogP contribution is -2.35. The zero-order chi connectivity index (χ0) is 12.3. The summed E-state index contributed by atoms with van der Waals surface area (Å²) in [5.74, 6) is 0. The molecule has 17 heavy (non-hydrogen) atoms. The normalized spacial score (nSPS) is 33.5. The van der Waals surface area contributed by atoms with Crippen molar-refractivity contribution in [2.45, 2.75) is 58.3 Å². The summed E-state index contributed by atoms with van der Waals surface area (Å²) in [5, 5.41) is 9.24. The van der Waals surface area contributed by atoms with Crippen molar-refractivity contribution in [3.8, 4) is 0 Å². The summed E-state index contributed by atoms with van der Waals surface area (Å²) in [7, 11) is 0. The second-order valence-electron chi connectivity index (χ2n) is 6.01. The summed E-state index contributed by atoms with van der Waals surface area (Å²) in [4.78, 5) is 0. The largest absolute Gasteiger partial charge is 0.388 e. The van der Waals surface area contributed by atoms with Crippen molar-refractivity contribution in [2.24, 2.45) is 5.41 Å². The molecule has 3 heteroatoms. The van der Waals surface area contributed by atoms with Gasteiger partial charge in [-0.25, -0.2) is 0 Å². The summed E-state index contributed by atoms with van der Waals surface area (Å²) < 4.78 is 10.8. The predicted octanol–water partition coefficient (Wildman–Crippen LogP) is 2.64. The molecule has 2 rings (SSSR count). The lowest BCUT2D eigenvalue weighted by atomic mass is 9.75. The molecule has 0 aromatic rings. The van der Waals surface area contributed by atoms with Crippen molar-refractivity contribution in [2.75, 3.05) is 13.2 Å². The highest BCUT2D eigenvalue weighted by molar-refractivity contribution is 5.07. The smallest absolute Gasteiger partial charge is 0.161 e. The Morgan fingerprint density at radius 2 is 1.82 bits per heavy atom. The lowest BCUT2D eigenvalue weighted by molar-refractivity contribution is -0.214. The summed E-state index contributed by atoms with van der Waals surface area (Å²) in [6, 6.07) is 0. The van der Waals surface area contributed by atoms with Crippen molar-refractivity contribution in [1.82, 2.24) is 0 Å². The SMILES string of the molecule is CC1(C)CCC(=CCC2OCC(O)CO2)CC1. The van der Waals surface area contributed by atoms with Gasteiger partial charge in [-0.05, 0) is 31.1 Å². The first-order chi connectivity index (χ1) is 8.05. The van der Waals surface area contributed by atoms with Gasteiger partial charge in [0, 0.05) is 6.42 Å². The molecule has 3 nitrogen and oxygen atoms in total. The van der Waals surface area contributed by atoms with Crippen LogP contribution in [0.2, 0.25) is 0 Å². The van der Waals surface area contributed by atoms with E-state index >= 15 is 0 Å². The highest BCUT2D eigenvalue weighted by atomic mass is 16.7. The van der Waals surface area contributed by atoms with Crippen molar-refractivity contribution in [3.63, 3.8) is 0 Å². The van der Waals surface area contributed by atoms with Gasteiger partial charge in [-0.3, -0.25) is 0 Å². The monoisotopic (exact) mass is 240 g/mol. The van der Waals surface area contributed by atoms with Gasteiger partial charge in [-0.2, -0.15) is 0 Å². The summed E-state index contributed by atoms with van der Waals surface area (Å²) in [6.07, 6.45) is 7.48. The Labute approximate surface area is 104 Å². The van der Waals surface area contributed by atoms with Crippen molar-refractivity contribution < 1.29 is 14.6 Å². The Hall–Kier alpha value is -0.380. The maximum atomic E-state index is 9.24. The Bertz CT molecular complexity index is 263. The van der Waals surface area contributed by atoms with Crippen LogP contribution in [0, 0.1) is 5.41 Å². The first-order valence-electron chi connectivity index (χ1n) is 6.64. The Morgan fingerprint density at radius 3 is 2.41 bits per heavy atom. The maximum absolute atomic E-state index is 9.24. The molecule has 1 heterocycles. The van der Waals surface area contributed by atoms with Crippen LogP contribution in [0.4, 0.5) is 0 Å². The molecular weight excluding hydrogens is 216 g/mol. The van der Waals surface area contributed by atoms with Crippen LogP contribution < -0.4 is 0 Å². The average Bonchev–Trinajstić information content (AvgIpc) is 2.30. The second-order valence-corrected chi connectivity index (χ2v) is 6.01. The van der Waals surface area contributed by atoms with E-state index in [0.717, 1.165) is 6.42 Å². The number of rotatable bonds is 2. The molecule has 0 spiro atoms. The summed E-state index contributed by atoms with van der Waals surface area (Å²) >= 11 is 0. The first-order valence-corrected chi connectivity index (χ1v) is 6.64. The van der Waals surface area contributed by atoms with E-state index in [1.165, 1.54) is 25.7 Å². The van der Waals surface area contributed by atoms with E-state index in [2.05, 4.69) is 19.9 Å². The summed E-state index contributed by atoms with van der Waals surface area (Å²) in [5.41, 5.74) is 2.06. The molecule has 0 bridgehead atoms. The number of hydrogen-bond acceptors (Lipinski definition) is 3. The van der Waals surface area contributed by atoms with Gasteiger partial charge in [0.25, 0.3) is 0 Å².